The second-order valence-corrected chi connectivity index (χ2v) is 3.94. The first-order valence-electron chi connectivity index (χ1n) is 5.57. The number of hydrogen-bond donors (Lipinski definition) is 2. The third kappa shape index (κ3) is 2.73. The fourth-order valence-corrected chi connectivity index (χ4v) is 1.86. The molecule has 4 nitrogen and oxygen atoms in total. The maximum Gasteiger partial charge on any atom is 0.306 e. The van der Waals surface area contributed by atoms with Crippen molar-refractivity contribution >= 4 is 5.97 Å². The topological polar surface area (TPSA) is 70.4 Å². The zero-order chi connectivity index (χ0) is 13.0. The Labute approximate surface area is 105 Å². The summed E-state index contributed by atoms with van der Waals surface area (Å²) in [6.45, 7) is 0. The van der Waals surface area contributed by atoms with Crippen molar-refractivity contribution in [3.05, 3.63) is 54.4 Å². The van der Waals surface area contributed by atoms with Crippen molar-refractivity contribution in [1.82, 2.24) is 4.98 Å². The first kappa shape index (κ1) is 12.3. The summed E-state index contributed by atoms with van der Waals surface area (Å²) >= 11 is 0. The normalized spacial score (nSPS) is 12.1. The van der Waals surface area contributed by atoms with E-state index >= 15 is 0 Å². The van der Waals surface area contributed by atoms with E-state index in [1.54, 1.807) is 24.5 Å². The van der Waals surface area contributed by atoms with Gasteiger partial charge in [-0.15, -0.1) is 0 Å². The fourth-order valence-electron chi connectivity index (χ4n) is 1.86. The summed E-state index contributed by atoms with van der Waals surface area (Å²) in [5.41, 5.74) is 2.35. The molecule has 1 aromatic carbocycles. The average Bonchev–Trinajstić information content (AvgIpc) is 2.39. The molecule has 18 heavy (non-hydrogen) atoms. The Hall–Kier alpha value is -2.20. The van der Waals surface area contributed by atoms with Crippen molar-refractivity contribution in [3.8, 4) is 11.1 Å². The van der Waals surface area contributed by atoms with Gasteiger partial charge in [-0.25, -0.2) is 0 Å². The molecule has 2 aromatic rings. The van der Waals surface area contributed by atoms with E-state index in [-0.39, 0.29) is 6.42 Å². The van der Waals surface area contributed by atoms with Gasteiger partial charge >= 0.3 is 5.97 Å². The standard InChI is InChI=1S/C14H13NO3/c16-13(9-14(17)18)12-4-2-1-3-11(12)10-5-7-15-8-6-10/h1-8,13,16H,9H2,(H,17,18). The van der Waals surface area contributed by atoms with Crippen LogP contribution in [0.1, 0.15) is 18.1 Å². The van der Waals surface area contributed by atoms with Crippen LogP contribution in [0.25, 0.3) is 11.1 Å². The Morgan fingerprint density at radius 2 is 1.83 bits per heavy atom. The molecule has 2 rings (SSSR count). The molecule has 0 bridgehead atoms. The number of carboxylic acids is 1. The van der Waals surface area contributed by atoms with Gasteiger partial charge in [-0.1, -0.05) is 24.3 Å². The summed E-state index contributed by atoms with van der Waals surface area (Å²) in [6, 6.07) is 10.9. The number of carbonyl (C=O) groups is 1. The molecule has 0 radical (unpaired) electrons. The van der Waals surface area contributed by atoms with Gasteiger partial charge in [-0.05, 0) is 28.8 Å². The highest BCUT2D eigenvalue weighted by Gasteiger charge is 2.16. The van der Waals surface area contributed by atoms with E-state index in [0.717, 1.165) is 11.1 Å². The van der Waals surface area contributed by atoms with Crippen LogP contribution in [0.5, 0.6) is 0 Å². The maximum absolute atomic E-state index is 10.7. The van der Waals surface area contributed by atoms with Crippen LogP contribution in [0.4, 0.5) is 0 Å². The molecule has 1 aromatic heterocycles. The summed E-state index contributed by atoms with van der Waals surface area (Å²) in [4.78, 5) is 14.6. The second-order valence-electron chi connectivity index (χ2n) is 3.94. The number of hydrogen-bond acceptors (Lipinski definition) is 3. The molecule has 0 aliphatic heterocycles. The van der Waals surface area contributed by atoms with Gasteiger partial charge in [-0.3, -0.25) is 9.78 Å². The molecule has 1 unspecified atom stereocenters. The van der Waals surface area contributed by atoms with Crippen LogP contribution in [-0.4, -0.2) is 21.2 Å². The first-order valence-corrected chi connectivity index (χ1v) is 5.57. The second kappa shape index (κ2) is 5.42. The number of aromatic nitrogens is 1. The van der Waals surface area contributed by atoms with E-state index < -0.39 is 12.1 Å². The molecular weight excluding hydrogens is 230 g/mol. The predicted molar refractivity (Wildman–Crippen MR) is 66.9 cm³/mol. The summed E-state index contributed by atoms with van der Waals surface area (Å²) in [5.74, 6) is -1.02. The predicted octanol–water partition coefficient (Wildman–Crippen LogP) is 2.26. The molecule has 4 heteroatoms. The van der Waals surface area contributed by atoms with Gasteiger partial charge in [0, 0.05) is 12.4 Å². The number of nitrogens with zero attached hydrogens (tertiary/aromatic N) is 1. The Bertz CT molecular complexity index is 540. The Morgan fingerprint density at radius 1 is 1.17 bits per heavy atom. The number of benzene rings is 1. The third-order valence-corrected chi connectivity index (χ3v) is 2.68. The maximum atomic E-state index is 10.7. The zero-order valence-electron chi connectivity index (χ0n) is 9.65. The molecule has 0 amide bonds. The largest absolute Gasteiger partial charge is 0.481 e. The van der Waals surface area contributed by atoms with Crippen molar-refractivity contribution in [2.75, 3.05) is 0 Å². The van der Waals surface area contributed by atoms with Gasteiger partial charge in [0.2, 0.25) is 0 Å². The molecule has 0 saturated carbocycles. The Kier molecular flexibility index (Phi) is 3.69. The van der Waals surface area contributed by atoms with Crippen molar-refractivity contribution in [3.63, 3.8) is 0 Å². The van der Waals surface area contributed by atoms with Crippen LogP contribution in [0, 0.1) is 0 Å². The molecule has 0 spiro atoms. The van der Waals surface area contributed by atoms with Crippen LogP contribution in [0.2, 0.25) is 0 Å². The number of pyridine rings is 1. The highest BCUT2D eigenvalue weighted by molar-refractivity contribution is 5.71. The van der Waals surface area contributed by atoms with Crippen LogP contribution in [0.3, 0.4) is 0 Å². The zero-order valence-corrected chi connectivity index (χ0v) is 9.65. The summed E-state index contributed by atoms with van der Waals surface area (Å²) in [5, 5.41) is 18.7. The van der Waals surface area contributed by atoms with E-state index in [0.29, 0.717) is 5.56 Å². The molecule has 0 aliphatic rings. The molecule has 92 valence electrons. The van der Waals surface area contributed by atoms with Gasteiger partial charge in [0.05, 0.1) is 12.5 Å². The highest BCUT2D eigenvalue weighted by Crippen LogP contribution is 2.29. The third-order valence-electron chi connectivity index (χ3n) is 2.68. The minimum Gasteiger partial charge on any atom is -0.481 e. The van der Waals surface area contributed by atoms with E-state index in [1.165, 1.54) is 0 Å². The van der Waals surface area contributed by atoms with Crippen LogP contribution >= 0.6 is 0 Å². The van der Waals surface area contributed by atoms with Crippen LogP contribution < -0.4 is 0 Å². The van der Waals surface area contributed by atoms with Gasteiger partial charge in [-0.2, -0.15) is 0 Å². The smallest absolute Gasteiger partial charge is 0.306 e. The number of aliphatic carboxylic acids is 1. The minimum atomic E-state index is -1.02. The lowest BCUT2D eigenvalue weighted by Crippen LogP contribution is -2.06. The quantitative estimate of drug-likeness (QED) is 0.864. The molecule has 0 fully saturated rings. The van der Waals surface area contributed by atoms with Gasteiger partial charge in [0.15, 0.2) is 0 Å². The lowest BCUT2D eigenvalue weighted by molar-refractivity contribution is -0.139. The number of aliphatic hydroxyl groups excluding tert-OH is 1. The van der Waals surface area contributed by atoms with E-state index in [4.69, 9.17) is 5.11 Å². The van der Waals surface area contributed by atoms with Crippen LogP contribution in [-0.2, 0) is 4.79 Å². The average molecular weight is 243 g/mol. The molecular formula is C14H13NO3. The lowest BCUT2D eigenvalue weighted by atomic mass is 9.95. The number of aliphatic hydroxyl groups is 1. The highest BCUT2D eigenvalue weighted by atomic mass is 16.4. The van der Waals surface area contributed by atoms with Crippen molar-refractivity contribution in [2.45, 2.75) is 12.5 Å². The molecule has 2 N–H and O–H groups in total. The van der Waals surface area contributed by atoms with Gasteiger partial charge in [0.25, 0.3) is 0 Å². The Balaban J connectivity index is 2.40. The first-order chi connectivity index (χ1) is 8.68. The molecule has 0 aliphatic carbocycles. The van der Waals surface area contributed by atoms with Gasteiger partial charge < -0.3 is 10.2 Å². The summed E-state index contributed by atoms with van der Waals surface area (Å²) in [6.07, 6.45) is 2.01. The van der Waals surface area contributed by atoms with E-state index in [1.807, 2.05) is 24.3 Å². The number of carboxylic acid groups (broad SMARTS) is 1. The van der Waals surface area contributed by atoms with Crippen molar-refractivity contribution in [1.29, 1.82) is 0 Å². The fraction of sp³-hybridized carbons (Fsp3) is 0.143. The molecule has 0 saturated heterocycles. The van der Waals surface area contributed by atoms with Crippen LogP contribution in [0.15, 0.2) is 48.8 Å². The SMILES string of the molecule is O=C(O)CC(O)c1ccccc1-c1ccncc1. The summed E-state index contributed by atoms with van der Waals surface area (Å²) in [7, 11) is 0. The van der Waals surface area contributed by atoms with Gasteiger partial charge in [0.1, 0.15) is 0 Å². The Morgan fingerprint density at radius 3 is 2.50 bits per heavy atom. The molecule has 1 heterocycles. The number of rotatable bonds is 4. The van der Waals surface area contributed by atoms with Crippen molar-refractivity contribution < 1.29 is 15.0 Å². The monoisotopic (exact) mass is 243 g/mol. The summed E-state index contributed by atoms with van der Waals surface area (Å²) < 4.78 is 0. The van der Waals surface area contributed by atoms with Crippen molar-refractivity contribution in [2.24, 2.45) is 0 Å². The minimum absolute atomic E-state index is 0.303. The van der Waals surface area contributed by atoms with E-state index in [2.05, 4.69) is 4.98 Å². The molecule has 1 atom stereocenters. The lowest BCUT2D eigenvalue weighted by Gasteiger charge is -2.14. The van der Waals surface area contributed by atoms with E-state index in [9.17, 15) is 9.90 Å².